The first-order valence-electron chi connectivity index (χ1n) is 9.02. The molecule has 1 fully saturated rings. The van der Waals surface area contributed by atoms with Gasteiger partial charge in [-0.1, -0.05) is 18.2 Å². The van der Waals surface area contributed by atoms with E-state index in [1.807, 2.05) is 12.1 Å². The van der Waals surface area contributed by atoms with Gasteiger partial charge in [0.15, 0.2) is 5.16 Å². The van der Waals surface area contributed by atoms with Crippen molar-refractivity contribution in [2.75, 3.05) is 25.4 Å². The maximum Gasteiger partial charge on any atom is 0.267 e. The van der Waals surface area contributed by atoms with Crippen molar-refractivity contribution in [2.45, 2.75) is 37.0 Å². The number of aromatic nitrogens is 2. The minimum absolute atomic E-state index is 0.0186. The standard InChI is InChI=1S/C18H22N4O3S/c23-16(13-11-20-18-22(17(13)24)8-10-26-18)19-12-14(15-5-4-9-25-15)21-6-2-1-3-7-21/h4-5,9,11,14H,1-3,6-8,10,12H2,(H,19,23)/t14-/m1/s1. The first kappa shape index (κ1) is 17.4. The number of hydrogen-bond donors (Lipinski definition) is 1. The summed E-state index contributed by atoms with van der Waals surface area (Å²) < 4.78 is 7.17. The van der Waals surface area contributed by atoms with Crippen molar-refractivity contribution >= 4 is 17.7 Å². The normalized spacial score (nSPS) is 18.5. The second-order valence-electron chi connectivity index (χ2n) is 6.60. The molecule has 8 heteroatoms. The Morgan fingerprint density at radius 1 is 1.31 bits per heavy atom. The van der Waals surface area contributed by atoms with E-state index in [1.54, 1.807) is 10.8 Å². The highest BCUT2D eigenvalue weighted by molar-refractivity contribution is 7.99. The van der Waals surface area contributed by atoms with Crippen molar-refractivity contribution in [3.05, 3.63) is 46.3 Å². The smallest absolute Gasteiger partial charge is 0.267 e. The minimum atomic E-state index is -0.372. The second kappa shape index (κ2) is 7.67. The predicted octanol–water partition coefficient (Wildman–Crippen LogP) is 1.90. The highest BCUT2D eigenvalue weighted by Crippen LogP contribution is 2.25. The van der Waals surface area contributed by atoms with Crippen molar-refractivity contribution < 1.29 is 9.21 Å². The Balaban J connectivity index is 1.49. The summed E-state index contributed by atoms with van der Waals surface area (Å²) in [5, 5.41) is 3.60. The van der Waals surface area contributed by atoms with Gasteiger partial charge >= 0.3 is 0 Å². The van der Waals surface area contributed by atoms with Crippen molar-refractivity contribution in [1.82, 2.24) is 19.8 Å². The summed E-state index contributed by atoms with van der Waals surface area (Å²) in [4.78, 5) is 31.7. The Hall–Kier alpha value is -2.06. The third kappa shape index (κ3) is 3.43. The fourth-order valence-electron chi connectivity index (χ4n) is 3.58. The number of amides is 1. The third-order valence-electron chi connectivity index (χ3n) is 4.96. The van der Waals surface area contributed by atoms with Crippen LogP contribution < -0.4 is 10.9 Å². The molecular formula is C18H22N4O3S. The molecule has 0 aromatic carbocycles. The molecule has 7 nitrogen and oxygen atoms in total. The molecule has 0 bridgehead atoms. The van der Waals surface area contributed by atoms with E-state index in [1.165, 1.54) is 24.4 Å². The van der Waals surface area contributed by atoms with Gasteiger partial charge in [-0.3, -0.25) is 19.1 Å². The summed E-state index contributed by atoms with van der Waals surface area (Å²) in [5.41, 5.74) is -0.155. The second-order valence-corrected chi connectivity index (χ2v) is 7.66. The van der Waals surface area contributed by atoms with Crippen molar-refractivity contribution in [1.29, 1.82) is 0 Å². The van der Waals surface area contributed by atoms with Crippen LogP contribution in [-0.4, -0.2) is 45.7 Å². The molecule has 2 aromatic rings. The van der Waals surface area contributed by atoms with Crippen molar-refractivity contribution in [2.24, 2.45) is 0 Å². The molecule has 0 saturated carbocycles. The zero-order valence-electron chi connectivity index (χ0n) is 14.5. The molecular weight excluding hydrogens is 352 g/mol. The monoisotopic (exact) mass is 374 g/mol. The first-order valence-corrected chi connectivity index (χ1v) is 10.0. The van der Waals surface area contributed by atoms with E-state index in [-0.39, 0.29) is 23.1 Å². The summed E-state index contributed by atoms with van der Waals surface area (Å²) in [6, 6.07) is 3.78. The fraction of sp³-hybridized carbons (Fsp3) is 0.500. The van der Waals surface area contributed by atoms with Crippen LogP contribution in [0.1, 0.15) is 41.4 Å². The Kier molecular flexibility index (Phi) is 5.12. The van der Waals surface area contributed by atoms with Gasteiger partial charge in [-0.15, -0.1) is 0 Å². The lowest BCUT2D eigenvalue weighted by molar-refractivity contribution is 0.0911. The van der Waals surface area contributed by atoms with Crippen LogP contribution in [0.15, 0.2) is 39.0 Å². The summed E-state index contributed by atoms with van der Waals surface area (Å²) >= 11 is 1.54. The van der Waals surface area contributed by atoms with Crippen LogP contribution in [0, 0.1) is 0 Å². The SMILES string of the molecule is O=C(NC[C@H](c1ccco1)N1CCCCC1)c1cnc2n(c1=O)CCS2. The molecule has 26 heavy (non-hydrogen) atoms. The molecule has 4 heterocycles. The van der Waals surface area contributed by atoms with Gasteiger partial charge in [-0.05, 0) is 38.1 Å². The van der Waals surface area contributed by atoms with E-state index in [2.05, 4.69) is 15.2 Å². The van der Waals surface area contributed by atoms with Gasteiger partial charge in [-0.25, -0.2) is 4.98 Å². The molecule has 0 aliphatic carbocycles. The highest BCUT2D eigenvalue weighted by atomic mass is 32.2. The van der Waals surface area contributed by atoms with Gasteiger partial charge in [0.2, 0.25) is 0 Å². The summed E-state index contributed by atoms with van der Waals surface area (Å²) in [6.45, 7) is 2.99. The Morgan fingerprint density at radius 2 is 2.15 bits per heavy atom. The van der Waals surface area contributed by atoms with Gasteiger partial charge in [0.25, 0.3) is 11.5 Å². The van der Waals surface area contributed by atoms with E-state index >= 15 is 0 Å². The zero-order chi connectivity index (χ0) is 17.9. The lowest BCUT2D eigenvalue weighted by Crippen LogP contribution is -2.42. The third-order valence-corrected chi connectivity index (χ3v) is 5.93. The molecule has 2 aliphatic heterocycles. The van der Waals surface area contributed by atoms with Crippen LogP contribution in [0.4, 0.5) is 0 Å². The minimum Gasteiger partial charge on any atom is -0.468 e. The molecule has 2 aromatic heterocycles. The number of fused-ring (bicyclic) bond motifs is 1. The maximum absolute atomic E-state index is 12.6. The van der Waals surface area contributed by atoms with Crippen LogP contribution in [0.3, 0.4) is 0 Å². The number of carbonyl (C=O) groups is 1. The molecule has 1 amide bonds. The summed E-state index contributed by atoms with van der Waals surface area (Å²) in [5.74, 6) is 1.29. The van der Waals surface area contributed by atoms with Gasteiger partial charge < -0.3 is 9.73 Å². The van der Waals surface area contributed by atoms with E-state index in [0.29, 0.717) is 18.2 Å². The number of nitrogens with zero attached hydrogens (tertiary/aromatic N) is 3. The summed E-state index contributed by atoms with van der Waals surface area (Å²) in [7, 11) is 0. The number of rotatable bonds is 5. The molecule has 138 valence electrons. The van der Waals surface area contributed by atoms with E-state index < -0.39 is 0 Å². The number of thioether (sulfide) groups is 1. The number of piperidine rings is 1. The summed E-state index contributed by atoms with van der Waals surface area (Å²) in [6.07, 6.45) is 6.59. The number of likely N-dealkylation sites (tertiary alicyclic amines) is 1. The van der Waals surface area contributed by atoms with E-state index in [0.717, 1.165) is 37.4 Å². The Labute approximate surface area is 155 Å². The topological polar surface area (TPSA) is 80.4 Å². The zero-order valence-corrected chi connectivity index (χ0v) is 15.3. The number of furan rings is 1. The molecule has 0 radical (unpaired) electrons. The van der Waals surface area contributed by atoms with Crippen LogP contribution in [0.25, 0.3) is 0 Å². The maximum atomic E-state index is 12.6. The number of hydrogen-bond acceptors (Lipinski definition) is 6. The van der Waals surface area contributed by atoms with Crippen LogP contribution >= 0.6 is 11.8 Å². The fourth-order valence-corrected chi connectivity index (χ4v) is 4.49. The quantitative estimate of drug-likeness (QED) is 0.805. The highest BCUT2D eigenvalue weighted by Gasteiger charge is 2.26. The van der Waals surface area contributed by atoms with E-state index in [9.17, 15) is 9.59 Å². The molecule has 4 rings (SSSR count). The Morgan fingerprint density at radius 3 is 2.92 bits per heavy atom. The average Bonchev–Trinajstić information content (AvgIpc) is 3.35. The molecule has 0 unspecified atom stereocenters. The van der Waals surface area contributed by atoms with Crippen molar-refractivity contribution in [3.8, 4) is 0 Å². The van der Waals surface area contributed by atoms with Gasteiger partial charge in [-0.2, -0.15) is 0 Å². The van der Waals surface area contributed by atoms with Crippen LogP contribution in [0.2, 0.25) is 0 Å². The molecule has 0 spiro atoms. The van der Waals surface area contributed by atoms with Crippen molar-refractivity contribution in [3.63, 3.8) is 0 Å². The average molecular weight is 374 g/mol. The lowest BCUT2D eigenvalue weighted by atomic mass is 10.1. The van der Waals surface area contributed by atoms with Gasteiger partial charge in [0.1, 0.15) is 11.3 Å². The van der Waals surface area contributed by atoms with Crippen LogP contribution in [0.5, 0.6) is 0 Å². The van der Waals surface area contributed by atoms with Gasteiger partial charge in [0, 0.05) is 25.0 Å². The molecule has 1 atom stereocenters. The number of carbonyl (C=O) groups excluding carboxylic acids is 1. The predicted molar refractivity (Wildman–Crippen MR) is 98.4 cm³/mol. The molecule has 1 saturated heterocycles. The van der Waals surface area contributed by atoms with E-state index in [4.69, 9.17) is 4.42 Å². The largest absolute Gasteiger partial charge is 0.468 e. The molecule has 1 N–H and O–H groups in total. The first-order chi connectivity index (χ1) is 12.7. The Bertz CT molecular complexity index is 827. The van der Waals surface area contributed by atoms with Crippen LogP contribution in [-0.2, 0) is 6.54 Å². The lowest BCUT2D eigenvalue weighted by Gasteiger charge is -2.33. The van der Waals surface area contributed by atoms with Gasteiger partial charge in [0.05, 0.1) is 12.3 Å². The number of nitrogens with one attached hydrogen (secondary N) is 1. The molecule has 2 aliphatic rings.